The maximum atomic E-state index is 6.33. The Kier molecular flexibility index (Phi) is 4.19. The van der Waals surface area contributed by atoms with Crippen LogP contribution < -0.4 is 11.1 Å². The van der Waals surface area contributed by atoms with Crippen molar-refractivity contribution in [2.75, 3.05) is 0 Å². The van der Waals surface area contributed by atoms with Gasteiger partial charge in [-0.15, -0.1) is 0 Å². The molecule has 1 fully saturated rings. The molecule has 1 aromatic carbocycles. The first kappa shape index (κ1) is 17.0. The molecule has 0 saturated heterocycles. The number of allylic oxidation sites excluding steroid dienone is 1. The first-order valence-electron chi connectivity index (χ1n) is 9.36. The van der Waals surface area contributed by atoms with Crippen molar-refractivity contribution in [2.45, 2.75) is 57.5 Å². The average molecular weight is 349 g/mol. The SMILES string of the molecule is C=NC(=N[C@@H]1CCC[C@](C)(N)C1)NC1=C(C)Cc2cccc3[nH]cc1c23. The summed E-state index contributed by atoms with van der Waals surface area (Å²) in [5.74, 6) is 0.593. The molecule has 1 heterocycles. The van der Waals surface area contributed by atoms with Gasteiger partial charge in [0, 0.05) is 33.9 Å². The molecule has 5 heteroatoms. The number of nitrogens with zero attached hydrogens (tertiary/aromatic N) is 2. The van der Waals surface area contributed by atoms with Crippen LogP contribution in [0.4, 0.5) is 0 Å². The molecule has 2 atom stereocenters. The molecular formula is C21H27N5. The summed E-state index contributed by atoms with van der Waals surface area (Å²) in [6, 6.07) is 6.63. The van der Waals surface area contributed by atoms with Gasteiger partial charge in [0.05, 0.1) is 6.04 Å². The highest BCUT2D eigenvalue weighted by atomic mass is 15.1. The molecule has 5 nitrogen and oxygen atoms in total. The molecule has 0 radical (unpaired) electrons. The van der Waals surface area contributed by atoms with Gasteiger partial charge < -0.3 is 16.0 Å². The second kappa shape index (κ2) is 6.40. The Hall–Kier alpha value is -2.40. The zero-order valence-electron chi connectivity index (χ0n) is 15.6. The Labute approximate surface area is 154 Å². The summed E-state index contributed by atoms with van der Waals surface area (Å²) < 4.78 is 0. The lowest BCUT2D eigenvalue weighted by atomic mass is 9.81. The van der Waals surface area contributed by atoms with E-state index in [1.165, 1.54) is 27.6 Å². The Morgan fingerprint density at radius 1 is 1.42 bits per heavy atom. The number of nitrogens with one attached hydrogen (secondary N) is 2. The third kappa shape index (κ3) is 3.07. The summed E-state index contributed by atoms with van der Waals surface area (Å²) in [7, 11) is 0. The van der Waals surface area contributed by atoms with Crippen LogP contribution in [0.3, 0.4) is 0 Å². The number of nitrogens with two attached hydrogens (primary N) is 1. The molecule has 26 heavy (non-hydrogen) atoms. The maximum absolute atomic E-state index is 6.33. The van der Waals surface area contributed by atoms with Gasteiger partial charge in [-0.25, -0.2) is 9.98 Å². The smallest absolute Gasteiger partial charge is 0.222 e. The average Bonchev–Trinajstić information content (AvgIpc) is 3.02. The fourth-order valence-corrected chi connectivity index (χ4v) is 4.37. The van der Waals surface area contributed by atoms with E-state index < -0.39 is 0 Å². The van der Waals surface area contributed by atoms with Crippen molar-refractivity contribution in [3.63, 3.8) is 0 Å². The zero-order valence-corrected chi connectivity index (χ0v) is 15.6. The molecule has 136 valence electrons. The normalized spacial score (nSPS) is 26.3. The van der Waals surface area contributed by atoms with Crippen molar-refractivity contribution in [3.8, 4) is 0 Å². The number of hydrogen-bond donors (Lipinski definition) is 3. The summed E-state index contributed by atoms with van der Waals surface area (Å²) in [5, 5.41) is 4.74. The van der Waals surface area contributed by atoms with E-state index in [-0.39, 0.29) is 11.6 Å². The second-order valence-corrected chi connectivity index (χ2v) is 8.01. The van der Waals surface area contributed by atoms with E-state index >= 15 is 0 Å². The van der Waals surface area contributed by atoms with Crippen molar-refractivity contribution >= 4 is 29.3 Å². The van der Waals surface area contributed by atoms with Gasteiger partial charge in [-0.2, -0.15) is 0 Å². The van der Waals surface area contributed by atoms with E-state index in [1.54, 1.807) is 0 Å². The van der Waals surface area contributed by atoms with Crippen LogP contribution in [0.25, 0.3) is 16.6 Å². The van der Waals surface area contributed by atoms with Gasteiger partial charge in [0.2, 0.25) is 5.96 Å². The number of benzene rings is 1. The van der Waals surface area contributed by atoms with Gasteiger partial charge in [-0.05, 0) is 69.9 Å². The summed E-state index contributed by atoms with van der Waals surface area (Å²) in [6.45, 7) is 8.01. The van der Waals surface area contributed by atoms with Gasteiger partial charge in [-0.1, -0.05) is 12.1 Å². The summed E-state index contributed by atoms with van der Waals surface area (Å²) in [5.41, 5.74) is 12.3. The van der Waals surface area contributed by atoms with Crippen molar-refractivity contribution in [3.05, 3.63) is 41.1 Å². The highest BCUT2D eigenvalue weighted by molar-refractivity contribution is 6.02. The fourth-order valence-electron chi connectivity index (χ4n) is 4.37. The predicted octanol–water partition coefficient (Wildman–Crippen LogP) is 3.76. The van der Waals surface area contributed by atoms with E-state index in [0.717, 1.165) is 37.8 Å². The van der Waals surface area contributed by atoms with Gasteiger partial charge >= 0.3 is 0 Å². The molecule has 1 saturated carbocycles. The number of rotatable bonds is 2. The molecule has 2 aromatic rings. The molecule has 0 aliphatic heterocycles. The first-order chi connectivity index (χ1) is 12.5. The largest absolute Gasteiger partial charge is 0.360 e. The minimum Gasteiger partial charge on any atom is -0.360 e. The van der Waals surface area contributed by atoms with Crippen LogP contribution in [-0.2, 0) is 6.42 Å². The molecule has 1 aromatic heterocycles. The van der Waals surface area contributed by atoms with Gasteiger partial charge in [0.15, 0.2) is 0 Å². The van der Waals surface area contributed by atoms with Crippen LogP contribution in [0.5, 0.6) is 0 Å². The number of guanidine groups is 1. The fraction of sp³-hybridized carbons (Fsp3) is 0.429. The third-order valence-electron chi connectivity index (χ3n) is 5.62. The molecule has 0 bridgehead atoms. The Morgan fingerprint density at radius 2 is 2.27 bits per heavy atom. The zero-order chi connectivity index (χ0) is 18.3. The number of aromatic nitrogens is 1. The standard InChI is InChI=1S/C21H27N5/c1-13-10-14-6-4-8-17-18(14)16(12-24-17)19(13)26-20(23-3)25-15-7-5-9-21(2,22)11-15/h4,6,8,12,15,24H,3,5,7,9-11,22H2,1-2H3,(H,25,26)/t15-,21+/m1/s1. The van der Waals surface area contributed by atoms with Crippen LogP contribution in [0.15, 0.2) is 40.0 Å². The molecule has 4 rings (SSSR count). The summed E-state index contributed by atoms with van der Waals surface area (Å²) in [6.07, 6.45) is 7.12. The molecule has 2 aliphatic rings. The molecule has 0 spiro atoms. The van der Waals surface area contributed by atoms with Crippen LogP contribution in [0.1, 0.15) is 50.7 Å². The summed E-state index contributed by atoms with van der Waals surface area (Å²) >= 11 is 0. The molecule has 0 amide bonds. The monoisotopic (exact) mass is 349 g/mol. The Morgan fingerprint density at radius 3 is 3.04 bits per heavy atom. The minimum atomic E-state index is -0.134. The van der Waals surface area contributed by atoms with Crippen LogP contribution in [-0.4, -0.2) is 29.2 Å². The maximum Gasteiger partial charge on any atom is 0.222 e. The Bertz CT molecular complexity index is 916. The minimum absolute atomic E-state index is 0.134. The molecular weight excluding hydrogens is 322 g/mol. The molecule has 4 N–H and O–H groups in total. The van der Waals surface area contributed by atoms with Crippen molar-refractivity contribution in [1.82, 2.24) is 10.3 Å². The van der Waals surface area contributed by atoms with Gasteiger partial charge in [0.25, 0.3) is 0 Å². The highest BCUT2D eigenvalue weighted by Gasteiger charge is 2.29. The quantitative estimate of drug-likeness (QED) is 0.570. The lowest BCUT2D eigenvalue weighted by Gasteiger charge is -2.33. The predicted molar refractivity (Wildman–Crippen MR) is 110 cm³/mol. The number of H-pyrrole nitrogens is 1. The molecule has 0 unspecified atom stereocenters. The van der Waals surface area contributed by atoms with Crippen molar-refractivity contribution < 1.29 is 0 Å². The number of aliphatic imine (C=N–C) groups is 2. The van der Waals surface area contributed by atoms with Crippen molar-refractivity contribution in [1.29, 1.82) is 0 Å². The topological polar surface area (TPSA) is 78.6 Å². The third-order valence-corrected chi connectivity index (χ3v) is 5.62. The molecule has 2 aliphatic carbocycles. The first-order valence-corrected chi connectivity index (χ1v) is 9.36. The lowest BCUT2D eigenvalue weighted by Crippen LogP contribution is -2.42. The number of hydrogen-bond acceptors (Lipinski definition) is 2. The van der Waals surface area contributed by atoms with Crippen LogP contribution in [0.2, 0.25) is 0 Å². The van der Waals surface area contributed by atoms with E-state index in [9.17, 15) is 0 Å². The highest BCUT2D eigenvalue weighted by Crippen LogP contribution is 2.35. The lowest BCUT2D eigenvalue weighted by molar-refractivity contribution is 0.292. The van der Waals surface area contributed by atoms with Crippen LogP contribution >= 0.6 is 0 Å². The number of aromatic amines is 1. The van der Waals surface area contributed by atoms with E-state index in [0.29, 0.717) is 5.96 Å². The summed E-state index contributed by atoms with van der Waals surface area (Å²) in [4.78, 5) is 12.4. The van der Waals surface area contributed by atoms with Crippen LogP contribution in [0, 0.1) is 0 Å². The second-order valence-electron chi connectivity index (χ2n) is 8.01. The van der Waals surface area contributed by atoms with E-state index in [4.69, 9.17) is 10.7 Å². The van der Waals surface area contributed by atoms with E-state index in [2.05, 4.69) is 60.3 Å². The van der Waals surface area contributed by atoms with Gasteiger partial charge in [-0.3, -0.25) is 0 Å². The van der Waals surface area contributed by atoms with Crippen molar-refractivity contribution in [2.24, 2.45) is 15.7 Å². The Balaban J connectivity index is 1.64. The van der Waals surface area contributed by atoms with E-state index in [1.807, 2.05) is 0 Å². The van der Waals surface area contributed by atoms with Gasteiger partial charge in [0.1, 0.15) is 0 Å².